The smallest absolute Gasteiger partial charge is 0.267 e. The van der Waals surface area contributed by atoms with Crippen LogP contribution in [0.2, 0.25) is 0 Å². The molecule has 2 aromatic rings. The Morgan fingerprint density at radius 1 is 1.53 bits per heavy atom. The van der Waals surface area contributed by atoms with Gasteiger partial charge in [0.25, 0.3) is 0 Å². The second-order valence-corrected chi connectivity index (χ2v) is 5.36. The Hall–Kier alpha value is -1.15. The third-order valence-electron chi connectivity index (χ3n) is 2.01. The summed E-state index contributed by atoms with van der Waals surface area (Å²) >= 11 is 4.66. The van der Waals surface area contributed by atoms with Crippen LogP contribution in [0.15, 0.2) is 32.0 Å². The summed E-state index contributed by atoms with van der Waals surface area (Å²) in [5, 5.41) is 7.73. The highest BCUT2D eigenvalue weighted by atomic mass is 79.9. The zero-order chi connectivity index (χ0) is 12.4. The van der Waals surface area contributed by atoms with Crippen molar-refractivity contribution in [2.45, 2.75) is 30.1 Å². The Kier molecular flexibility index (Phi) is 3.63. The number of hydrogen-bond acceptors (Lipinski definition) is 5. The van der Waals surface area contributed by atoms with Crippen LogP contribution in [0.25, 0.3) is 0 Å². The lowest BCUT2D eigenvalue weighted by Crippen LogP contribution is -2.19. The third-order valence-corrected chi connectivity index (χ3v) is 3.84. The van der Waals surface area contributed by atoms with Crippen molar-refractivity contribution in [1.29, 1.82) is 0 Å². The van der Waals surface area contributed by atoms with Crippen LogP contribution in [0.3, 0.4) is 0 Å². The minimum atomic E-state index is -0.215. The van der Waals surface area contributed by atoms with E-state index >= 15 is 0 Å². The van der Waals surface area contributed by atoms with Gasteiger partial charge in [-0.05, 0) is 41.5 Å². The monoisotopic (exact) mass is 315 g/mol. The van der Waals surface area contributed by atoms with E-state index in [1.807, 2.05) is 13.8 Å². The van der Waals surface area contributed by atoms with Crippen molar-refractivity contribution in [3.05, 3.63) is 27.5 Å². The van der Waals surface area contributed by atoms with Crippen molar-refractivity contribution in [3.63, 3.8) is 0 Å². The molecule has 0 bridgehead atoms. The van der Waals surface area contributed by atoms with Gasteiger partial charge >= 0.3 is 5.69 Å². The summed E-state index contributed by atoms with van der Waals surface area (Å²) < 4.78 is 2.36. The average molecular weight is 316 g/mol. The number of halogens is 1. The second kappa shape index (κ2) is 5.01. The summed E-state index contributed by atoms with van der Waals surface area (Å²) in [4.78, 5) is 19.5. The van der Waals surface area contributed by atoms with Gasteiger partial charge in [-0.25, -0.2) is 19.9 Å². The van der Waals surface area contributed by atoms with Crippen LogP contribution in [0.1, 0.15) is 19.9 Å². The quantitative estimate of drug-likeness (QED) is 0.875. The molecule has 0 fully saturated rings. The molecule has 0 aliphatic rings. The fourth-order valence-electron chi connectivity index (χ4n) is 1.28. The Morgan fingerprint density at radius 3 is 2.94 bits per heavy atom. The molecule has 1 N–H and O–H groups in total. The van der Waals surface area contributed by atoms with Gasteiger partial charge in [0.2, 0.25) is 0 Å². The largest absolute Gasteiger partial charge is 0.344 e. The molecule has 0 atom stereocenters. The van der Waals surface area contributed by atoms with Gasteiger partial charge in [0.1, 0.15) is 11.4 Å². The maximum atomic E-state index is 11.5. The highest BCUT2D eigenvalue weighted by Crippen LogP contribution is 2.29. The summed E-state index contributed by atoms with van der Waals surface area (Å²) in [5.74, 6) is 0. The summed E-state index contributed by atoms with van der Waals surface area (Å²) in [6.45, 7) is 3.85. The molecule has 0 amide bonds. The van der Waals surface area contributed by atoms with Crippen molar-refractivity contribution in [1.82, 2.24) is 24.7 Å². The summed E-state index contributed by atoms with van der Waals surface area (Å²) in [6.07, 6.45) is 3.11. The molecular formula is C9H10BrN5OS. The zero-order valence-electron chi connectivity index (χ0n) is 9.22. The van der Waals surface area contributed by atoms with E-state index < -0.39 is 0 Å². The molecule has 0 saturated heterocycles. The number of nitrogens with one attached hydrogen (secondary N) is 1. The lowest BCUT2D eigenvalue weighted by molar-refractivity contribution is 0.534. The molecular weight excluding hydrogens is 306 g/mol. The maximum Gasteiger partial charge on any atom is 0.344 e. The molecule has 0 aromatic carbocycles. The fraction of sp³-hybridized carbons (Fsp3) is 0.333. The number of H-pyrrole nitrogens is 1. The van der Waals surface area contributed by atoms with Gasteiger partial charge in [-0.1, -0.05) is 0 Å². The molecule has 0 aliphatic carbocycles. The predicted octanol–water partition coefficient (Wildman–Crippen LogP) is 1.86. The van der Waals surface area contributed by atoms with E-state index in [0.717, 1.165) is 9.50 Å². The van der Waals surface area contributed by atoms with Gasteiger partial charge in [0, 0.05) is 12.2 Å². The predicted molar refractivity (Wildman–Crippen MR) is 67.1 cm³/mol. The highest BCUT2D eigenvalue weighted by molar-refractivity contribution is 9.10. The van der Waals surface area contributed by atoms with Crippen LogP contribution in [-0.2, 0) is 0 Å². The molecule has 2 rings (SSSR count). The van der Waals surface area contributed by atoms with E-state index in [2.05, 4.69) is 36.1 Å². The summed E-state index contributed by atoms with van der Waals surface area (Å²) in [7, 11) is 0. The number of rotatable bonds is 3. The molecule has 2 heterocycles. The summed E-state index contributed by atoms with van der Waals surface area (Å²) in [6, 6.07) is 0.0457. The third kappa shape index (κ3) is 2.58. The van der Waals surface area contributed by atoms with Crippen molar-refractivity contribution in [2.24, 2.45) is 0 Å². The Labute approximate surface area is 110 Å². The van der Waals surface area contributed by atoms with E-state index in [0.29, 0.717) is 5.16 Å². The van der Waals surface area contributed by atoms with E-state index in [1.165, 1.54) is 18.1 Å². The fourth-order valence-corrected chi connectivity index (χ4v) is 2.65. The maximum absolute atomic E-state index is 11.5. The Bertz CT molecular complexity index is 579. The molecule has 0 spiro atoms. The first-order valence-electron chi connectivity index (χ1n) is 4.90. The number of hydrogen-bond donors (Lipinski definition) is 1. The first-order valence-corrected chi connectivity index (χ1v) is 6.51. The van der Waals surface area contributed by atoms with E-state index in [9.17, 15) is 4.79 Å². The van der Waals surface area contributed by atoms with Crippen LogP contribution < -0.4 is 5.69 Å². The van der Waals surface area contributed by atoms with Crippen LogP contribution in [0, 0.1) is 0 Å². The molecule has 0 aliphatic heterocycles. The van der Waals surface area contributed by atoms with Crippen LogP contribution in [0.4, 0.5) is 0 Å². The van der Waals surface area contributed by atoms with E-state index in [-0.39, 0.29) is 11.7 Å². The van der Waals surface area contributed by atoms with E-state index in [4.69, 9.17) is 0 Å². The van der Waals surface area contributed by atoms with Gasteiger partial charge < -0.3 is 0 Å². The number of aromatic amines is 1. The van der Waals surface area contributed by atoms with Crippen LogP contribution in [-0.4, -0.2) is 24.7 Å². The zero-order valence-corrected chi connectivity index (χ0v) is 11.6. The van der Waals surface area contributed by atoms with Gasteiger partial charge in [0.15, 0.2) is 5.16 Å². The van der Waals surface area contributed by atoms with Gasteiger partial charge in [0.05, 0.1) is 4.47 Å². The van der Waals surface area contributed by atoms with Gasteiger partial charge in [-0.2, -0.15) is 0 Å². The van der Waals surface area contributed by atoms with Crippen molar-refractivity contribution >= 4 is 27.7 Å². The molecule has 90 valence electrons. The first-order chi connectivity index (χ1) is 8.09. The molecule has 2 aromatic heterocycles. The first kappa shape index (κ1) is 12.3. The molecule has 6 nitrogen and oxygen atoms in total. The summed E-state index contributed by atoms with van der Waals surface area (Å²) in [5.41, 5.74) is -0.215. The molecule has 0 radical (unpaired) electrons. The molecule has 8 heteroatoms. The lowest BCUT2D eigenvalue weighted by Gasteiger charge is -2.08. The highest BCUT2D eigenvalue weighted by Gasteiger charge is 2.14. The van der Waals surface area contributed by atoms with Gasteiger partial charge in [-0.15, -0.1) is 5.10 Å². The average Bonchev–Trinajstić information content (AvgIpc) is 2.63. The normalized spacial score (nSPS) is 11.1. The Balaban J connectivity index is 2.37. The topological polar surface area (TPSA) is 76.5 Å². The van der Waals surface area contributed by atoms with Crippen molar-refractivity contribution in [2.75, 3.05) is 0 Å². The second-order valence-electron chi connectivity index (χ2n) is 3.55. The number of nitrogens with zero attached hydrogens (tertiary/aromatic N) is 4. The standard InChI is InChI=1S/C9H10BrN5OS/c1-5(2)15-8(16)13-14-9(15)17-7-6(10)3-11-4-12-7/h3-5H,1-2H3,(H,13,16). The molecule has 0 unspecified atom stereocenters. The molecule has 0 saturated carbocycles. The molecule has 17 heavy (non-hydrogen) atoms. The number of aromatic nitrogens is 5. The van der Waals surface area contributed by atoms with Crippen molar-refractivity contribution < 1.29 is 0 Å². The van der Waals surface area contributed by atoms with Crippen LogP contribution >= 0.6 is 27.7 Å². The van der Waals surface area contributed by atoms with Crippen molar-refractivity contribution in [3.8, 4) is 0 Å². The van der Waals surface area contributed by atoms with E-state index in [1.54, 1.807) is 10.8 Å². The minimum Gasteiger partial charge on any atom is -0.267 e. The SMILES string of the molecule is CC(C)n1c(Sc2ncncc2Br)n[nH]c1=O. The minimum absolute atomic E-state index is 0.0457. The Morgan fingerprint density at radius 2 is 2.29 bits per heavy atom. The van der Waals surface area contributed by atoms with Gasteiger partial charge in [-0.3, -0.25) is 4.57 Å². The van der Waals surface area contributed by atoms with Crippen LogP contribution in [0.5, 0.6) is 0 Å². The lowest BCUT2D eigenvalue weighted by atomic mass is 10.4.